The molecule has 0 unspecified atom stereocenters. The Kier molecular flexibility index (Phi) is 4.37. The van der Waals surface area contributed by atoms with E-state index in [0.717, 1.165) is 39.5 Å². The molecule has 4 rings (SSSR count). The molecule has 0 fully saturated rings. The van der Waals surface area contributed by atoms with Crippen LogP contribution in [0.1, 0.15) is 12.5 Å². The number of fused-ring (bicyclic) bond motifs is 1. The lowest BCUT2D eigenvalue weighted by Gasteiger charge is -2.08. The molecule has 0 aliphatic rings. The van der Waals surface area contributed by atoms with E-state index in [0.29, 0.717) is 6.61 Å². The second-order valence-electron chi connectivity index (χ2n) is 5.96. The van der Waals surface area contributed by atoms with Crippen molar-refractivity contribution in [1.29, 1.82) is 0 Å². The highest BCUT2D eigenvalue weighted by Crippen LogP contribution is 2.26. The van der Waals surface area contributed by atoms with Crippen LogP contribution in [0.5, 0.6) is 5.75 Å². The van der Waals surface area contributed by atoms with Gasteiger partial charge in [-0.25, -0.2) is 4.98 Å². The third kappa shape index (κ3) is 3.05. The van der Waals surface area contributed by atoms with Crippen LogP contribution in [-0.4, -0.2) is 26.1 Å². The summed E-state index contributed by atoms with van der Waals surface area (Å²) in [5, 5.41) is 9.39. The number of rotatable bonds is 5. The summed E-state index contributed by atoms with van der Waals surface area (Å²) < 4.78 is 7.61. The van der Waals surface area contributed by atoms with Crippen LogP contribution in [0.25, 0.3) is 28.2 Å². The lowest BCUT2D eigenvalue weighted by molar-refractivity contribution is 0.282. The van der Waals surface area contributed by atoms with Crippen molar-refractivity contribution in [2.45, 2.75) is 13.5 Å². The Morgan fingerprint density at radius 2 is 1.85 bits per heavy atom. The smallest absolute Gasteiger partial charge is 0.155 e. The molecule has 0 radical (unpaired) electrons. The molecule has 0 aliphatic carbocycles. The SMILES string of the molecule is CCOc1cccc(-c2cn3c(-c4cccc(CO)c4)cnc3cn2)c1. The number of benzene rings is 2. The lowest BCUT2D eigenvalue weighted by Crippen LogP contribution is -1.95. The van der Waals surface area contributed by atoms with Crippen molar-refractivity contribution in [2.75, 3.05) is 6.61 Å². The Hall–Kier alpha value is -3.18. The van der Waals surface area contributed by atoms with E-state index >= 15 is 0 Å². The van der Waals surface area contributed by atoms with Crippen molar-refractivity contribution in [2.24, 2.45) is 0 Å². The van der Waals surface area contributed by atoms with E-state index in [4.69, 9.17) is 4.74 Å². The lowest BCUT2D eigenvalue weighted by atomic mass is 10.1. The van der Waals surface area contributed by atoms with Gasteiger partial charge in [-0.1, -0.05) is 30.3 Å². The number of aliphatic hydroxyl groups excluding tert-OH is 1. The number of hydrogen-bond acceptors (Lipinski definition) is 4. The van der Waals surface area contributed by atoms with Gasteiger partial charge in [0.25, 0.3) is 0 Å². The Morgan fingerprint density at radius 3 is 2.69 bits per heavy atom. The molecule has 2 heterocycles. The molecule has 0 aliphatic heterocycles. The van der Waals surface area contributed by atoms with E-state index in [1.54, 1.807) is 6.20 Å². The van der Waals surface area contributed by atoms with Crippen LogP contribution in [0.4, 0.5) is 0 Å². The van der Waals surface area contributed by atoms with Gasteiger partial charge in [-0.05, 0) is 30.7 Å². The quantitative estimate of drug-likeness (QED) is 0.595. The van der Waals surface area contributed by atoms with Gasteiger partial charge in [0.15, 0.2) is 5.65 Å². The monoisotopic (exact) mass is 345 g/mol. The molecular formula is C21H19N3O2. The minimum atomic E-state index is 0.0155. The van der Waals surface area contributed by atoms with Gasteiger partial charge in [-0.3, -0.25) is 9.38 Å². The zero-order chi connectivity index (χ0) is 17.9. The standard InChI is InChI=1S/C21H19N3O2/c1-2-26-18-8-4-6-16(10-18)19-13-24-20(11-23-21(24)12-22-19)17-7-3-5-15(9-17)14-25/h3-13,25H,2,14H2,1H3. The van der Waals surface area contributed by atoms with Gasteiger partial charge in [0.05, 0.1) is 37.0 Å². The van der Waals surface area contributed by atoms with Gasteiger partial charge in [0.2, 0.25) is 0 Å². The largest absolute Gasteiger partial charge is 0.494 e. The summed E-state index contributed by atoms with van der Waals surface area (Å²) in [6, 6.07) is 15.7. The number of hydrogen-bond donors (Lipinski definition) is 1. The fourth-order valence-corrected chi connectivity index (χ4v) is 2.99. The van der Waals surface area contributed by atoms with Crippen molar-refractivity contribution >= 4 is 5.65 Å². The van der Waals surface area contributed by atoms with Crippen molar-refractivity contribution in [1.82, 2.24) is 14.4 Å². The van der Waals surface area contributed by atoms with Crippen LogP contribution in [0.3, 0.4) is 0 Å². The molecular weight excluding hydrogens is 326 g/mol. The van der Waals surface area contributed by atoms with Gasteiger partial charge in [0, 0.05) is 17.3 Å². The molecule has 0 amide bonds. The first kappa shape index (κ1) is 16.3. The van der Waals surface area contributed by atoms with E-state index < -0.39 is 0 Å². The number of aliphatic hydroxyl groups is 1. The highest BCUT2D eigenvalue weighted by atomic mass is 16.5. The maximum atomic E-state index is 9.39. The average molecular weight is 345 g/mol. The summed E-state index contributed by atoms with van der Waals surface area (Å²) in [6.45, 7) is 2.61. The normalized spacial score (nSPS) is 11.0. The molecule has 0 atom stereocenters. The molecule has 5 nitrogen and oxygen atoms in total. The van der Waals surface area contributed by atoms with Crippen LogP contribution in [-0.2, 0) is 6.61 Å². The second kappa shape index (κ2) is 6.98. The van der Waals surface area contributed by atoms with Gasteiger partial charge in [0.1, 0.15) is 5.75 Å². The minimum Gasteiger partial charge on any atom is -0.494 e. The van der Waals surface area contributed by atoms with E-state index in [2.05, 4.69) is 9.97 Å². The molecule has 4 aromatic rings. The molecule has 0 spiro atoms. The Balaban J connectivity index is 1.81. The summed E-state index contributed by atoms with van der Waals surface area (Å²) in [7, 11) is 0. The molecule has 0 saturated heterocycles. The topological polar surface area (TPSA) is 59.7 Å². The number of imidazole rings is 1. The zero-order valence-electron chi connectivity index (χ0n) is 14.5. The van der Waals surface area contributed by atoms with Gasteiger partial charge in [-0.15, -0.1) is 0 Å². The molecule has 130 valence electrons. The van der Waals surface area contributed by atoms with E-state index in [-0.39, 0.29) is 6.61 Å². The molecule has 2 aromatic carbocycles. The van der Waals surface area contributed by atoms with Crippen molar-refractivity contribution in [3.63, 3.8) is 0 Å². The first-order valence-corrected chi connectivity index (χ1v) is 8.55. The predicted octanol–water partition coefficient (Wildman–Crippen LogP) is 3.95. The van der Waals surface area contributed by atoms with E-state index in [9.17, 15) is 5.11 Å². The van der Waals surface area contributed by atoms with Crippen molar-refractivity contribution < 1.29 is 9.84 Å². The average Bonchev–Trinajstić information content (AvgIpc) is 3.12. The predicted molar refractivity (Wildman–Crippen MR) is 101 cm³/mol. The van der Waals surface area contributed by atoms with Gasteiger partial charge in [-0.2, -0.15) is 0 Å². The summed E-state index contributed by atoms with van der Waals surface area (Å²) in [5.74, 6) is 0.827. The Morgan fingerprint density at radius 1 is 1.00 bits per heavy atom. The first-order valence-electron chi connectivity index (χ1n) is 8.55. The Bertz CT molecular complexity index is 1060. The highest BCUT2D eigenvalue weighted by Gasteiger charge is 2.09. The third-order valence-electron chi connectivity index (χ3n) is 4.24. The van der Waals surface area contributed by atoms with Crippen molar-refractivity contribution in [3.05, 3.63) is 72.7 Å². The first-order chi connectivity index (χ1) is 12.8. The van der Waals surface area contributed by atoms with Crippen LogP contribution in [0.2, 0.25) is 0 Å². The number of ether oxygens (including phenoxy) is 1. The maximum Gasteiger partial charge on any atom is 0.155 e. The molecule has 2 aromatic heterocycles. The molecule has 0 bridgehead atoms. The summed E-state index contributed by atoms with van der Waals surface area (Å²) in [6.07, 6.45) is 5.57. The molecule has 26 heavy (non-hydrogen) atoms. The molecule has 0 saturated carbocycles. The van der Waals surface area contributed by atoms with Gasteiger partial charge < -0.3 is 9.84 Å². The zero-order valence-corrected chi connectivity index (χ0v) is 14.5. The number of nitrogens with zero attached hydrogens (tertiary/aromatic N) is 3. The second-order valence-corrected chi connectivity index (χ2v) is 5.96. The van der Waals surface area contributed by atoms with E-state index in [1.807, 2.05) is 72.2 Å². The third-order valence-corrected chi connectivity index (χ3v) is 4.24. The highest BCUT2D eigenvalue weighted by molar-refractivity contribution is 5.67. The summed E-state index contributed by atoms with van der Waals surface area (Å²) in [4.78, 5) is 8.99. The van der Waals surface area contributed by atoms with Gasteiger partial charge >= 0.3 is 0 Å². The fourth-order valence-electron chi connectivity index (χ4n) is 2.99. The summed E-state index contributed by atoms with van der Waals surface area (Å²) >= 11 is 0. The maximum absolute atomic E-state index is 9.39. The molecule has 1 N–H and O–H groups in total. The van der Waals surface area contributed by atoms with E-state index in [1.165, 1.54) is 0 Å². The van der Waals surface area contributed by atoms with Crippen LogP contribution >= 0.6 is 0 Å². The Labute approximate surface area is 151 Å². The fraction of sp³-hybridized carbons (Fsp3) is 0.143. The van der Waals surface area contributed by atoms with Crippen LogP contribution < -0.4 is 4.74 Å². The van der Waals surface area contributed by atoms with Crippen molar-refractivity contribution in [3.8, 4) is 28.3 Å². The van der Waals surface area contributed by atoms with Crippen LogP contribution in [0, 0.1) is 0 Å². The van der Waals surface area contributed by atoms with Crippen LogP contribution in [0.15, 0.2) is 67.1 Å². The number of aromatic nitrogens is 3. The molecule has 5 heteroatoms. The minimum absolute atomic E-state index is 0.0155. The summed E-state index contributed by atoms with van der Waals surface area (Å²) in [5.41, 5.74) is 5.44.